The zero-order chi connectivity index (χ0) is 25.1. The van der Waals surface area contributed by atoms with E-state index in [4.69, 9.17) is 5.73 Å². The third-order valence-electron chi connectivity index (χ3n) is 5.32. The number of aromatic nitrogens is 2. The number of benzene rings is 2. The van der Waals surface area contributed by atoms with Crippen LogP contribution < -0.4 is 27.0 Å². The number of anilines is 2. The average molecular weight is 495 g/mol. The van der Waals surface area contributed by atoms with Crippen LogP contribution in [0, 0.1) is 6.92 Å². The van der Waals surface area contributed by atoms with Gasteiger partial charge in [0.1, 0.15) is 5.82 Å². The number of para-hydroxylation sites is 1. The molecule has 14 heteroatoms. The normalized spacial score (nSPS) is 17.9. The van der Waals surface area contributed by atoms with Crippen molar-refractivity contribution in [2.75, 3.05) is 11.1 Å². The molecule has 178 valence electrons. The summed E-state index contributed by atoms with van der Waals surface area (Å²) in [6, 6.07) is 10.2. The van der Waals surface area contributed by atoms with E-state index >= 15 is 0 Å². The van der Waals surface area contributed by atoms with Gasteiger partial charge in [-0.25, -0.2) is 17.8 Å². The summed E-state index contributed by atoms with van der Waals surface area (Å²) in [6.07, 6.45) is -5.62. The van der Waals surface area contributed by atoms with Crippen LogP contribution in [0.1, 0.15) is 11.1 Å². The van der Waals surface area contributed by atoms with Crippen molar-refractivity contribution >= 4 is 27.4 Å². The molecule has 2 heterocycles. The Labute approximate surface area is 189 Å². The number of aromatic amines is 1. The summed E-state index contributed by atoms with van der Waals surface area (Å²) < 4.78 is 71.3. The highest BCUT2D eigenvalue weighted by molar-refractivity contribution is 7.89. The molecule has 0 saturated heterocycles. The number of H-pyrrole nitrogens is 1. The van der Waals surface area contributed by atoms with Crippen molar-refractivity contribution in [1.82, 2.24) is 14.3 Å². The van der Waals surface area contributed by atoms with E-state index < -0.39 is 55.2 Å². The van der Waals surface area contributed by atoms with Crippen molar-refractivity contribution in [1.29, 1.82) is 0 Å². The summed E-state index contributed by atoms with van der Waals surface area (Å²) >= 11 is 0. The number of nitrogens with one attached hydrogen (secondary N) is 3. The number of carbonyl (C=O) groups is 1. The number of fused-ring (bicyclic) bond motifs is 1. The van der Waals surface area contributed by atoms with Gasteiger partial charge in [-0.2, -0.15) is 17.9 Å². The second-order valence-corrected chi connectivity index (χ2v) is 9.16. The summed E-state index contributed by atoms with van der Waals surface area (Å²) in [5.74, 6) is -2.70. The number of amides is 1. The number of nitrogens with two attached hydrogens (primary N) is 1. The van der Waals surface area contributed by atoms with E-state index in [0.717, 1.165) is 24.3 Å². The summed E-state index contributed by atoms with van der Waals surface area (Å²) in [4.78, 5) is 39.2. The lowest BCUT2D eigenvalue weighted by molar-refractivity contribution is -0.194. The molecule has 1 aromatic heterocycles. The van der Waals surface area contributed by atoms with E-state index in [9.17, 15) is 36.0 Å². The molecule has 5 N–H and O–H groups in total. The zero-order valence-corrected chi connectivity index (χ0v) is 18.0. The number of nitrogens with zero attached hydrogens (tertiary/aromatic N) is 1. The molecule has 34 heavy (non-hydrogen) atoms. The van der Waals surface area contributed by atoms with Gasteiger partial charge in [0.2, 0.25) is 15.6 Å². The Morgan fingerprint density at radius 3 is 2.24 bits per heavy atom. The first-order valence-electron chi connectivity index (χ1n) is 9.53. The van der Waals surface area contributed by atoms with Crippen molar-refractivity contribution in [2.24, 2.45) is 0 Å². The van der Waals surface area contributed by atoms with Crippen molar-refractivity contribution in [3.63, 3.8) is 0 Å². The van der Waals surface area contributed by atoms with Gasteiger partial charge in [-0.3, -0.25) is 14.6 Å². The predicted molar refractivity (Wildman–Crippen MR) is 115 cm³/mol. The van der Waals surface area contributed by atoms with Crippen LogP contribution in [-0.2, 0) is 20.4 Å². The molecule has 1 atom stereocenters. The Balaban J connectivity index is 2.04. The number of hydrogen-bond acceptors (Lipinski definition) is 6. The first-order valence-corrected chi connectivity index (χ1v) is 11.0. The second kappa shape index (κ2) is 7.56. The Hall–Kier alpha value is -3.91. The monoisotopic (exact) mass is 495 g/mol. The Bertz CT molecular complexity index is 1540. The number of nitrogen functional groups attached to an aromatic ring is 1. The molecule has 0 bridgehead atoms. The molecule has 10 nitrogen and oxygen atoms in total. The van der Waals surface area contributed by atoms with Crippen molar-refractivity contribution in [2.45, 2.75) is 23.5 Å². The maximum absolute atomic E-state index is 14.5. The van der Waals surface area contributed by atoms with Crippen LogP contribution in [0.3, 0.4) is 0 Å². The lowest BCUT2D eigenvalue weighted by Crippen LogP contribution is -2.61. The summed E-state index contributed by atoms with van der Waals surface area (Å²) in [5, 5.41) is 1.89. The standard InChI is InChI=1S/C20H16F3N5O5S/c1-10-4-2-3-5-13(10)28-15-14(16(29)26-18(28)31)19(17(30)25-15,20(21,22)23)27-34(32,33)12-8-6-11(24)7-9-12/h2-9,27H,24H2,1H3,(H,25,30)(H,26,29,31). The number of aryl methyl sites for hydroxylation is 1. The molecule has 0 radical (unpaired) electrons. The number of rotatable bonds is 4. The van der Waals surface area contributed by atoms with E-state index in [2.05, 4.69) is 0 Å². The fraction of sp³-hybridized carbons (Fsp3) is 0.150. The molecule has 1 aliphatic rings. The quantitative estimate of drug-likeness (QED) is 0.397. The highest BCUT2D eigenvalue weighted by Gasteiger charge is 2.69. The molecule has 2 aromatic carbocycles. The van der Waals surface area contributed by atoms with Gasteiger partial charge in [-0.05, 0) is 42.8 Å². The number of sulfonamides is 1. The van der Waals surface area contributed by atoms with E-state index in [-0.39, 0.29) is 11.4 Å². The van der Waals surface area contributed by atoms with Gasteiger partial charge < -0.3 is 11.1 Å². The van der Waals surface area contributed by atoms with E-state index in [1.165, 1.54) is 16.9 Å². The van der Waals surface area contributed by atoms with Gasteiger partial charge in [-0.15, -0.1) is 0 Å². The molecule has 3 aromatic rings. The smallest absolute Gasteiger partial charge is 0.399 e. The second-order valence-electron chi connectivity index (χ2n) is 7.48. The van der Waals surface area contributed by atoms with Crippen LogP contribution in [0.5, 0.6) is 0 Å². The predicted octanol–water partition coefficient (Wildman–Crippen LogP) is 1.10. The lowest BCUT2D eigenvalue weighted by atomic mass is 9.93. The molecule has 0 saturated carbocycles. The number of carbonyl (C=O) groups excluding carboxylic acids is 1. The van der Waals surface area contributed by atoms with Gasteiger partial charge in [0.25, 0.3) is 11.5 Å². The highest BCUT2D eigenvalue weighted by atomic mass is 32.2. The van der Waals surface area contributed by atoms with Crippen molar-refractivity contribution in [3.05, 3.63) is 80.5 Å². The SMILES string of the molecule is Cc1ccccc1-n1c2c(c(=O)[nH]c1=O)C(NS(=O)(=O)c1ccc(N)cc1)(C(F)(F)F)C(=O)N2. The van der Waals surface area contributed by atoms with Gasteiger partial charge in [0.05, 0.1) is 16.1 Å². The molecule has 1 amide bonds. The van der Waals surface area contributed by atoms with E-state index in [0.29, 0.717) is 10.1 Å². The average Bonchev–Trinajstić information content (AvgIpc) is 3.02. The maximum Gasteiger partial charge on any atom is 0.421 e. The Kier molecular flexibility index (Phi) is 5.17. The van der Waals surface area contributed by atoms with Crippen molar-refractivity contribution < 1.29 is 26.4 Å². The molecule has 4 rings (SSSR count). The number of alkyl halides is 3. The fourth-order valence-corrected chi connectivity index (χ4v) is 5.02. The zero-order valence-electron chi connectivity index (χ0n) is 17.2. The summed E-state index contributed by atoms with van der Waals surface area (Å²) in [7, 11) is -5.02. The van der Waals surface area contributed by atoms with Gasteiger partial charge in [0, 0.05) is 5.69 Å². The topological polar surface area (TPSA) is 156 Å². The van der Waals surface area contributed by atoms with E-state index in [1.807, 2.05) is 5.32 Å². The van der Waals surface area contributed by atoms with Gasteiger partial charge in [0.15, 0.2) is 0 Å². The largest absolute Gasteiger partial charge is 0.421 e. The van der Waals surface area contributed by atoms with Crippen LogP contribution in [0.2, 0.25) is 0 Å². The fourth-order valence-electron chi connectivity index (χ4n) is 3.69. The first kappa shape index (κ1) is 23.3. The number of hydrogen-bond donors (Lipinski definition) is 4. The molecule has 0 spiro atoms. The molecular formula is C20H16F3N5O5S. The highest BCUT2D eigenvalue weighted by Crippen LogP contribution is 2.46. The lowest BCUT2D eigenvalue weighted by Gasteiger charge is -2.29. The molecule has 1 aliphatic heterocycles. The van der Waals surface area contributed by atoms with Gasteiger partial charge >= 0.3 is 11.9 Å². The minimum Gasteiger partial charge on any atom is -0.399 e. The molecule has 0 fully saturated rings. The van der Waals surface area contributed by atoms with E-state index in [1.54, 1.807) is 24.0 Å². The van der Waals surface area contributed by atoms with Gasteiger partial charge in [-0.1, -0.05) is 18.2 Å². The van der Waals surface area contributed by atoms with Crippen LogP contribution in [0.25, 0.3) is 5.69 Å². The van der Waals surface area contributed by atoms with Crippen LogP contribution in [0.4, 0.5) is 24.7 Å². The Morgan fingerprint density at radius 2 is 1.65 bits per heavy atom. The third-order valence-corrected chi connectivity index (χ3v) is 6.79. The summed E-state index contributed by atoms with van der Waals surface area (Å²) in [6.45, 7) is 1.55. The van der Waals surface area contributed by atoms with Crippen LogP contribution in [-0.4, -0.2) is 30.1 Å². The Morgan fingerprint density at radius 1 is 1.03 bits per heavy atom. The van der Waals surface area contributed by atoms with Crippen LogP contribution >= 0.6 is 0 Å². The third kappa shape index (κ3) is 3.38. The molecule has 1 unspecified atom stereocenters. The minimum absolute atomic E-state index is 0.0691. The van der Waals surface area contributed by atoms with Crippen molar-refractivity contribution in [3.8, 4) is 5.69 Å². The molecule has 0 aliphatic carbocycles. The van der Waals surface area contributed by atoms with Crippen LogP contribution in [0.15, 0.2) is 63.0 Å². The minimum atomic E-state index is -5.62. The first-order chi connectivity index (χ1) is 15.8. The number of halogens is 3. The summed E-state index contributed by atoms with van der Waals surface area (Å²) in [5.41, 5.74) is -1.90. The maximum atomic E-state index is 14.5. The molecular weight excluding hydrogens is 479 g/mol.